The molecule has 104 valence electrons. The van der Waals surface area contributed by atoms with Crippen LogP contribution in [-0.2, 0) is 11.2 Å². The van der Waals surface area contributed by atoms with E-state index < -0.39 is 0 Å². The number of nitrogens with one attached hydrogen (secondary N) is 1. The third-order valence-electron chi connectivity index (χ3n) is 3.99. The molecule has 3 rings (SSSR count). The third kappa shape index (κ3) is 1.78. The monoisotopic (exact) mass is 270 g/mol. The summed E-state index contributed by atoms with van der Waals surface area (Å²) in [5.74, 6) is 0.818. The summed E-state index contributed by atoms with van der Waals surface area (Å²) in [5, 5.41) is 1.18. The lowest BCUT2D eigenvalue weighted by molar-refractivity contribution is -0.127. The maximum atomic E-state index is 12.3. The molecule has 2 heterocycles. The molecule has 1 aliphatic heterocycles. The average Bonchev–Trinajstić information content (AvgIpc) is 2.95. The van der Waals surface area contributed by atoms with Gasteiger partial charge in [-0.2, -0.15) is 0 Å². The van der Waals surface area contributed by atoms with Crippen molar-refractivity contribution in [2.75, 3.05) is 21.1 Å². The minimum absolute atomic E-state index is 0.0957. The Balaban J connectivity index is 1.93. The molecule has 1 aromatic heterocycles. The van der Waals surface area contributed by atoms with E-state index in [1.165, 1.54) is 5.39 Å². The first-order chi connectivity index (χ1) is 9.63. The smallest absolute Gasteiger partial charge is 0.252 e. The largest absolute Gasteiger partial charge is 0.361 e. The molecule has 0 radical (unpaired) electrons. The summed E-state index contributed by atoms with van der Waals surface area (Å²) in [6.07, 6.45) is 2.68. The van der Waals surface area contributed by atoms with Gasteiger partial charge in [0.1, 0.15) is 6.04 Å². The lowest BCUT2D eigenvalue weighted by Crippen LogP contribution is -2.33. The van der Waals surface area contributed by atoms with Gasteiger partial charge in [0.05, 0.1) is 0 Å². The average molecular weight is 270 g/mol. The first-order valence-electron chi connectivity index (χ1n) is 6.65. The van der Waals surface area contributed by atoms with Crippen LogP contribution in [-0.4, -0.2) is 53.8 Å². The van der Waals surface area contributed by atoms with E-state index in [0.717, 1.165) is 17.0 Å². The number of benzene rings is 1. The molecule has 1 aliphatic rings. The lowest BCUT2D eigenvalue weighted by Gasteiger charge is -2.18. The highest BCUT2D eigenvalue weighted by atomic mass is 16.2. The number of aromatic nitrogens is 1. The first-order valence-corrected chi connectivity index (χ1v) is 6.65. The van der Waals surface area contributed by atoms with Gasteiger partial charge in [0.15, 0.2) is 0 Å². The molecule has 0 aliphatic carbocycles. The number of carbonyl (C=O) groups is 1. The second-order valence-electron chi connectivity index (χ2n) is 5.11. The van der Waals surface area contributed by atoms with E-state index >= 15 is 0 Å². The Kier molecular flexibility index (Phi) is 2.97. The van der Waals surface area contributed by atoms with Crippen molar-refractivity contribution in [2.45, 2.75) is 12.5 Å². The van der Waals surface area contributed by atoms with Crippen molar-refractivity contribution in [2.24, 2.45) is 4.99 Å². The van der Waals surface area contributed by atoms with Crippen LogP contribution in [0.2, 0.25) is 0 Å². The number of aliphatic imine (C=N–C) groups is 1. The molecule has 1 unspecified atom stereocenters. The first kappa shape index (κ1) is 12.7. The molecule has 0 saturated carbocycles. The lowest BCUT2D eigenvalue weighted by atomic mass is 10.0. The number of rotatable bonds is 2. The molecule has 1 fully saturated rings. The number of amides is 1. The van der Waals surface area contributed by atoms with Gasteiger partial charge in [-0.25, -0.2) is 0 Å². The van der Waals surface area contributed by atoms with Crippen LogP contribution in [0, 0.1) is 0 Å². The maximum absolute atomic E-state index is 12.3. The fourth-order valence-electron chi connectivity index (χ4n) is 2.90. The van der Waals surface area contributed by atoms with E-state index in [2.05, 4.69) is 16.0 Å². The van der Waals surface area contributed by atoms with Gasteiger partial charge in [-0.1, -0.05) is 18.2 Å². The molecule has 1 N–H and O–H groups in total. The summed E-state index contributed by atoms with van der Waals surface area (Å²) < 4.78 is 0. The Morgan fingerprint density at radius 3 is 2.75 bits per heavy atom. The molecule has 1 saturated heterocycles. The predicted octanol–water partition coefficient (Wildman–Crippen LogP) is 1.47. The Morgan fingerprint density at radius 1 is 1.30 bits per heavy atom. The summed E-state index contributed by atoms with van der Waals surface area (Å²) in [5.41, 5.74) is 2.27. The Bertz CT molecular complexity index is 688. The van der Waals surface area contributed by atoms with Crippen molar-refractivity contribution < 1.29 is 4.79 Å². The van der Waals surface area contributed by atoms with Crippen molar-refractivity contribution in [3.63, 3.8) is 0 Å². The van der Waals surface area contributed by atoms with Gasteiger partial charge >= 0.3 is 0 Å². The quantitative estimate of drug-likeness (QED) is 0.898. The SMILES string of the molecule is CN=C1N(C)C(=O)C(Cc2c[nH]c3ccccc23)N1C. The number of hydrogen-bond acceptors (Lipinski definition) is 2. The van der Waals surface area contributed by atoms with Crippen LogP contribution in [0.3, 0.4) is 0 Å². The summed E-state index contributed by atoms with van der Waals surface area (Å²) >= 11 is 0. The molecule has 1 amide bonds. The van der Waals surface area contributed by atoms with Gasteiger partial charge < -0.3 is 9.88 Å². The van der Waals surface area contributed by atoms with Crippen LogP contribution in [0.25, 0.3) is 10.9 Å². The maximum Gasteiger partial charge on any atom is 0.252 e. The topological polar surface area (TPSA) is 51.7 Å². The highest BCUT2D eigenvalue weighted by Gasteiger charge is 2.38. The van der Waals surface area contributed by atoms with Crippen LogP contribution in [0.15, 0.2) is 35.5 Å². The van der Waals surface area contributed by atoms with Crippen LogP contribution in [0.1, 0.15) is 5.56 Å². The molecule has 2 aromatic rings. The summed E-state index contributed by atoms with van der Waals surface area (Å²) in [6.45, 7) is 0. The highest BCUT2D eigenvalue weighted by Crippen LogP contribution is 2.23. The van der Waals surface area contributed by atoms with Crippen LogP contribution in [0.4, 0.5) is 0 Å². The zero-order valence-corrected chi connectivity index (χ0v) is 11.9. The predicted molar refractivity (Wildman–Crippen MR) is 79.7 cm³/mol. The van der Waals surface area contributed by atoms with Gasteiger partial charge in [0.25, 0.3) is 5.91 Å². The van der Waals surface area contributed by atoms with Crippen molar-refractivity contribution >= 4 is 22.8 Å². The summed E-state index contributed by atoms with van der Waals surface area (Å²) in [4.78, 5) is 23.3. The Labute approximate surface area is 117 Å². The van der Waals surface area contributed by atoms with E-state index in [9.17, 15) is 4.79 Å². The second-order valence-corrected chi connectivity index (χ2v) is 5.11. The van der Waals surface area contributed by atoms with Crippen LogP contribution < -0.4 is 0 Å². The Morgan fingerprint density at radius 2 is 2.05 bits per heavy atom. The number of fused-ring (bicyclic) bond motifs is 1. The van der Waals surface area contributed by atoms with Crippen molar-refractivity contribution in [3.05, 3.63) is 36.0 Å². The third-order valence-corrected chi connectivity index (χ3v) is 3.99. The van der Waals surface area contributed by atoms with Gasteiger partial charge in [-0.3, -0.25) is 14.7 Å². The fraction of sp³-hybridized carbons (Fsp3) is 0.333. The van der Waals surface area contributed by atoms with Gasteiger partial charge in [-0.05, 0) is 11.6 Å². The molecule has 5 heteroatoms. The number of nitrogens with zero attached hydrogens (tertiary/aromatic N) is 3. The number of guanidine groups is 1. The molecular weight excluding hydrogens is 252 g/mol. The molecule has 0 bridgehead atoms. The van der Waals surface area contributed by atoms with E-state index in [1.54, 1.807) is 19.0 Å². The minimum Gasteiger partial charge on any atom is -0.361 e. The molecule has 20 heavy (non-hydrogen) atoms. The van der Waals surface area contributed by atoms with E-state index in [-0.39, 0.29) is 11.9 Å². The summed E-state index contributed by atoms with van der Waals surface area (Å²) in [6, 6.07) is 7.97. The number of para-hydroxylation sites is 1. The minimum atomic E-state index is -0.182. The molecular formula is C15H18N4O. The standard InChI is InChI=1S/C15H18N4O/c1-16-15-18(2)13(14(20)19(15)3)8-10-9-17-12-7-5-4-6-11(10)12/h4-7,9,13,17H,8H2,1-3H3. The molecule has 1 aromatic carbocycles. The zero-order chi connectivity index (χ0) is 14.3. The molecule has 0 spiro atoms. The van der Waals surface area contributed by atoms with Crippen molar-refractivity contribution in [1.82, 2.24) is 14.8 Å². The molecule has 1 atom stereocenters. The normalized spacial score (nSPS) is 21.4. The van der Waals surface area contributed by atoms with Gasteiger partial charge in [0, 0.05) is 44.7 Å². The number of hydrogen-bond donors (Lipinski definition) is 1. The van der Waals surface area contributed by atoms with Crippen LogP contribution in [0.5, 0.6) is 0 Å². The zero-order valence-electron chi connectivity index (χ0n) is 11.9. The second kappa shape index (κ2) is 4.67. The number of likely N-dealkylation sites (N-methyl/N-ethyl adjacent to an activating group) is 2. The van der Waals surface area contributed by atoms with E-state index in [1.807, 2.05) is 36.3 Å². The fourth-order valence-corrected chi connectivity index (χ4v) is 2.90. The number of carbonyl (C=O) groups excluding carboxylic acids is 1. The summed E-state index contributed by atoms with van der Waals surface area (Å²) in [7, 11) is 5.41. The highest BCUT2D eigenvalue weighted by molar-refractivity contribution is 6.06. The van der Waals surface area contributed by atoms with E-state index in [0.29, 0.717) is 6.42 Å². The van der Waals surface area contributed by atoms with Gasteiger partial charge in [0.2, 0.25) is 5.96 Å². The molecule has 5 nitrogen and oxygen atoms in total. The van der Waals surface area contributed by atoms with Crippen molar-refractivity contribution in [3.8, 4) is 0 Å². The number of H-pyrrole nitrogens is 1. The van der Waals surface area contributed by atoms with Gasteiger partial charge in [-0.15, -0.1) is 0 Å². The van der Waals surface area contributed by atoms with Crippen molar-refractivity contribution in [1.29, 1.82) is 0 Å². The van der Waals surface area contributed by atoms with E-state index in [4.69, 9.17) is 0 Å². The Hall–Kier alpha value is -2.30. The number of aromatic amines is 1. The van der Waals surface area contributed by atoms with Crippen LogP contribution >= 0.6 is 0 Å².